The first kappa shape index (κ1) is 20.6. The molecule has 5 heteroatoms. The molecule has 0 radical (unpaired) electrons. The van der Waals surface area contributed by atoms with Crippen molar-refractivity contribution in [3.8, 4) is 11.1 Å². The topological polar surface area (TPSA) is 26.3 Å². The Balaban J connectivity index is 1.76. The minimum atomic E-state index is -1.51. The van der Waals surface area contributed by atoms with Gasteiger partial charge in [-0.1, -0.05) is 55.8 Å². The molecule has 0 atom stereocenters. The fourth-order valence-corrected chi connectivity index (χ4v) is 3.16. The van der Waals surface area contributed by atoms with Crippen LogP contribution >= 0.6 is 0 Å². The minimum Gasteiger partial charge on any atom is -0.462 e. The normalized spacial score (nSPS) is 10.8. The number of halogens is 3. The van der Waals surface area contributed by atoms with Gasteiger partial charge in [0.25, 0.3) is 0 Å². The number of carbonyl (C=O) groups excluding carboxylic acids is 1. The Bertz CT molecular complexity index is 977. The molecule has 3 rings (SSSR count). The summed E-state index contributed by atoms with van der Waals surface area (Å²) in [6.45, 7) is 2.01. The van der Waals surface area contributed by atoms with Gasteiger partial charge in [0.2, 0.25) is 0 Å². The van der Waals surface area contributed by atoms with Gasteiger partial charge in [-0.3, -0.25) is 0 Å². The first-order valence-electron chi connectivity index (χ1n) is 9.48. The van der Waals surface area contributed by atoms with Crippen molar-refractivity contribution in [2.24, 2.45) is 0 Å². The lowest BCUT2D eigenvalue weighted by Crippen LogP contribution is -2.10. The van der Waals surface area contributed by atoms with Crippen molar-refractivity contribution >= 4 is 5.97 Å². The second kappa shape index (κ2) is 9.41. The highest BCUT2D eigenvalue weighted by molar-refractivity contribution is 5.97. The monoisotopic (exact) mass is 398 g/mol. The Morgan fingerprint density at radius 3 is 2.21 bits per heavy atom. The second-order valence-corrected chi connectivity index (χ2v) is 6.76. The first-order chi connectivity index (χ1) is 14.0. The van der Waals surface area contributed by atoms with Gasteiger partial charge in [0, 0.05) is 6.42 Å². The summed E-state index contributed by atoms with van der Waals surface area (Å²) >= 11 is 0. The number of hydrogen-bond acceptors (Lipinski definition) is 2. The van der Waals surface area contributed by atoms with Gasteiger partial charge >= 0.3 is 5.97 Å². The van der Waals surface area contributed by atoms with Gasteiger partial charge in [0.05, 0.1) is 12.2 Å². The molecule has 150 valence electrons. The molecular formula is C24H21F3O2. The van der Waals surface area contributed by atoms with Crippen LogP contribution in [0.4, 0.5) is 13.2 Å². The lowest BCUT2D eigenvalue weighted by molar-refractivity contribution is 0.0510. The van der Waals surface area contributed by atoms with E-state index in [2.05, 4.69) is 6.92 Å². The predicted molar refractivity (Wildman–Crippen MR) is 106 cm³/mol. The van der Waals surface area contributed by atoms with Crippen molar-refractivity contribution < 1.29 is 22.7 Å². The van der Waals surface area contributed by atoms with E-state index in [1.807, 2.05) is 42.5 Å². The Hall–Kier alpha value is -3.08. The average molecular weight is 398 g/mol. The van der Waals surface area contributed by atoms with E-state index in [0.717, 1.165) is 41.7 Å². The van der Waals surface area contributed by atoms with Crippen LogP contribution < -0.4 is 0 Å². The fraction of sp³-hybridized carbons (Fsp3) is 0.208. The Labute approximate surface area is 168 Å². The van der Waals surface area contributed by atoms with Gasteiger partial charge in [-0.05, 0) is 46.9 Å². The van der Waals surface area contributed by atoms with Crippen LogP contribution in [-0.4, -0.2) is 12.6 Å². The maximum Gasteiger partial charge on any atom is 0.338 e. The smallest absolute Gasteiger partial charge is 0.338 e. The molecule has 0 bridgehead atoms. The molecule has 0 spiro atoms. The van der Waals surface area contributed by atoms with Gasteiger partial charge in [0.15, 0.2) is 17.5 Å². The van der Waals surface area contributed by atoms with Crippen LogP contribution in [0.1, 0.15) is 34.8 Å². The highest BCUT2D eigenvalue weighted by Crippen LogP contribution is 2.26. The molecule has 0 amide bonds. The molecule has 0 aromatic heterocycles. The molecule has 0 saturated carbocycles. The van der Waals surface area contributed by atoms with E-state index in [0.29, 0.717) is 5.56 Å². The highest BCUT2D eigenvalue weighted by atomic mass is 19.2. The zero-order valence-electron chi connectivity index (χ0n) is 16.1. The van der Waals surface area contributed by atoms with Crippen LogP contribution in [0.3, 0.4) is 0 Å². The highest BCUT2D eigenvalue weighted by Gasteiger charge is 2.16. The number of esters is 1. The number of hydrogen-bond donors (Lipinski definition) is 0. The molecule has 0 heterocycles. The summed E-state index contributed by atoms with van der Waals surface area (Å²) in [7, 11) is 0. The summed E-state index contributed by atoms with van der Waals surface area (Å²) in [5.74, 6) is -4.55. The van der Waals surface area contributed by atoms with E-state index in [1.165, 1.54) is 0 Å². The van der Waals surface area contributed by atoms with Crippen molar-refractivity contribution in [3.05, 3.63) is 94.8 Å². The Morgan fingerprint density at radius 1 is 0.862 bits per heavy atom. The molecule has 0 unspecified atom stereocenters. The fourth-order valence-electron chi connectivity index (χ4n) is 3.16. The standard InChI is InChI=1S/C24H21F3O2/c1-2-6-16-9-10-19(20(13-16)18-7-4-3-5-8-18)24(28)29-12-11-17-14-21(25)23(27)22(26)15-17/h3-5,7-10,13-15H,2,6,11-12H2,1H3. The molecule has 0 fully saturated rings. The molecule has 0 saturated heterocycles. The lowest BCUT2D eigenvalue weighted by Gasteiger charge is -2.12. The van der Waals surface area contributed by atoms with Gasteiger partial charge in [-0.2, -0.15) is 0 Å². The number of ether oxygens (including phenoxy) is 1. The third-order valence-electron chi connectivity index (χ3n) is 4.59. The van der Waals surface area contributed by atoms with Crippen LogP contribution in [0.5, 0.6) is 0 Å². The van der Waals surface area contributed by atoms with Gasteiger partial charge in [-0.15, -0.1) is 0 Å². The van der Waals surface area contributed by atoms with E-state index in [4.69, 9.17) is 4.74 Å². The van der Waals surface area contributed by atoms with E-state index >= 15 is 0 Å². The van der Waals surface area contributed by atoms with E-state index in [9.17, 15) is 18.0 Å². The molecule has 3 aromatic rings. The van der Waals surface area contributed by atoms with Crippen molar-refractivity contribution in [2.75, 3.05) is 6.61 Å². The molecule has 0 aliphatic carbocycles. The van der Waals surface area contributed by atoms with E-state index in [1.54, 1.807) is 6.07 Å². The SMILES string of the molecule is CCCc1ccc(C(=O)OCCc2cc(F)c(F)c(F)c2)c(-c2ccccc2)c1. The minimum absolute atomic E-state index is 0.0751. The summed E-state index contributed by atoms with van der Waals surface area (Å²) in [5, 5.41) is 0. The number of rotatable bonds is 7. The Kier molecular flexibility index (Phi) is 6.70. The largest absolute Gasteiger partial charge is 0.462 e. The zero-order chi connectivity index (χ0) is 20.8. The molecule has 29 heavy (non-hydrogen) atoms. The lowest BCUT2D eigenvalue weighted by atomic mass is 9.96. The summed E-state index contributed by atoms with van der Waals surface area (Å²) in [6, 6.07) is 17.0. The maximum absolute atomic E-state index is 13.3. The summed E-state index contributed by atoms with van der Waals surface area (Å²) < 4.78 is 45.0. The van der Waals surface area contributed by atoms with Gasteiger partial charge < -0.3 is 4.74 Å². The van der Waals surface area contributed by atoms with Crippen LogP contribution in [0.2, 0.25) is 0 Å². The molecule has 2 nitrogen and oxygen atoms in total. The quantitative estimate of drug-likeness (QED) is 0.354. The molecule has 0 N–H and O–H groups in total. The third kappa shape index (κ3) is 5.05. The van der Waals surface area contributed by atoms with Crippen molar-refractivity contribution in [2.45, 2.75) is 26.2 Å². The van der Waals surface area contributed by atoms with Crippen molar-refractivity contribution in [1.29, 1.82) is 0 Å². The third-order valence-corrected chi connectivity index (χ3v) is 4.59. The van der Waals surface area contributed by atoms with Gasteiger partial charge in [-0.25, -0.2) is 18.0 Å². The summed E-state index contributed by atoms with van der Waals surface area (Å²) in [6.07, 6.45) is 1.97. The second-order valence-electron chi connectivity index (χ2n) is 6.76. The summed E-state index contributed by atoms with van der Waals surface area (Å²) in [5.41, 5.74) is 3.45. The number of benzene rings is 3. The van der Waals surface area contributed by atoms with E-state index in [-0.39, 0.29) is 18.6 Å². The van der Waals surface area contributed by atoms with Crippen LogP contribution in [0, 0.1) is 17.5 Å². The van der Waals surface area contributed by atoms with Crippen molar-refractivity contribution in [1.82, 2.24) is 0 Å². The summed E-state index contributed by atoms with van der Waals surface area (Å²) in [4.78, 5) is 12.7. The van der Waals surface area contributed by atoms with Crippen LogP contribution in [-0.2, 0) is 17.6 Å². The molecule has 3 aromatic carbocycles. The van der Waals surface area contributed by atoms with Crippen molar-refractivity contribution in [3.63, 3.8) is 0 Å². The van der Waals surface area contributed by atoms with E-state index < -0.39 is 23.4 Å². The Morgan fingerprint density at radius 2 is 1.55 bits per heavy atom. The average Bonchev–Trinajstić information content (AvgIpc) is 2.72. The zero-order valence-corrected chi connectivity index (χ0v) is 16.1. The first-order valence-corrected chi connectivity index (χ1v) is 9.48. The predicted octanol–water partition coefficient (Wildman–Crippen LogP) is 6.12. The molecular weight excluding hydrogens is 377 g/mol. The molecule has 0 aliphatic heterocycles. The van der Waals surface area contributed by atoms with Crippen LogP contribution in [0.25, 0.3) is 11.1 Å². The maximum atomic E-state index is 13.3. The number of aryl methyl sites for hydroxylation is 1. The van der Waals surface area contributed by atoms with Crippen LogP contribution in [0.15, 0.2) is 60.7 Å². The van der Waals surface area contributed by atoms with Gasteiger partial charge in [0.1, 0.15) is 0 Å². The molecule has 0 aliphatic rings. The number of carbonyl (C=O) groups is 1.